The highest BCUT2D eigenvalue weighted by molar-refractivity contribution is 7.89. The van der Waals surface area contributed by atoms with Crippen molar-refractivity contribution in [2.24, 2.45) is 11.8 Å². The SMILES string of the molecule is CC1CCN(S(=O)(=O)c2ccc(C(=O)C3CC3)cc2)CC1. The molecule has 2 aliphatic rings. The Hall–Kier alpha value is -1.20. The number of Topliss-reactive ketones (excluding diaryl/α,β-unsaturated/α-hetero) is 1. The van der Waals surface area contributed by atoms with Crippen LogP contribution in [0.2, 0.25) is 0 Å². The van der Waals surface area contributed by atoms with E-state index in [-0.39, 0.29) is 11.7 Å². The van der Waals surface area contributed by atoms with E-state index in [9.17, 15) is 13.2 Å². The molecule has 114 valence electrons. The number of rotatable bonds is 4. The minimum atomic E-state index is -3.41. The molecule has 0 amide bonds. The molecule has 1 heterocycles. The number of carbonyl (C=O) groups excluding carboxylic acids is 1. The lowest BCUT2D eigenvalue weighted by Crippen LogP contribution is -2.37. The van der Waals surface area contributed by atoms with Gasteiger partial charge in [0.15, 0.2) is 5.78 Å². The van der Waals surface area contributed by atoms with Gasteiger partial charge in [0.25, 0.3) is 0 Å². The van der Waals surface area contributed by atoms with E-state index in [0.29, 0.717) is 29.5 Å². The van der Waals surface area contributed by atoms with Crippen LogP contribution in [0, 0.1) is 11.8 Å². The zero-order chi connectivity index (χ0) is 15.0. The van der Waals surface area contributed by atoms with Gasteiger partial charge in [0.05, 0.1) is 4.90 Å². The van der Waals surface area contributed by atoms with Gasteiger partial charge in [-0.25, -0.2) is 8.42 Å². The number of piperidine rings is 1. The van der Waals surface area contributed by atoms with Crippen molar-refractivity contribution in [2.75, 3.05) is 13.1 Å². The number of sulfonamides is 1. The first kappa shape index (κ1) is 14.7. The molecule has 1 saturated carbocycles. The second-order valence-electron chi connectivity index (χ2n) is 6.25. The molecular weight excluding hydrogens is 286 g/mol. The van der Waals surface area contributed by atoms with Gasteiger partial charge < -0.3 is 0 Å². The third-order valence-corrected chi connectivity index (χ3v) is 6.38. The molecule has 21 heavy (non-hydrogen) atoms. The van der Waals surface area contributed by atoms with Crippen LogP contribution in [0.3, 0.4) is 0 Å². The van der Waals surface area contributed by atoms with Crippen LogP contribution in [0.5, 0.6) is 0 Å². The number of hydrogen-bond acceptors (Lipinski definition) is 3. The molecule has 0 bridgehead atoms. The number of benzene rings is 1. The molecule has 3 rings (SSSR count). The van der Waals surface area contributed by atoms with E-state index < -0.39 is 10.0 Å². The lowest BCUT2D eigenvalue weighted by molar-refractivity contribution is 0.0967. The Labute approximate surface area is 126 Å². The highest BCUT2D eigenvalue weighted by atomic mass is 32.2. The second-order valence-corrected chi connectivity index (χ2v) is 8.19. The fraction of sp³-hybridized carbons (Fsp3) is 0.562. The van der Waals surface area contributed by atoms with Crippen LogP contribution in [0.4, 0.5) is 0 Å². The predicted octanol–water partition coefficient (Wildman–Crippen LogP) is 2.70. The van der Waals surface area contributed by atoms with E-state index in [1.165, 1.54) is 0 Å². The van der Waals surface area contributed by atoms with E-state index in [0.717, 1.165) is 25.7 Å². The van der Waals surface area contributed by atoms with Gasteiger partial charge in [-0.15, -0.1) is 0 Å². The molecule has 0 spiro atoms. The summed E-state index contributed by atoms with van der Waals surface area (Å²) in [5, 5.41) is 0. The normalized spacial score (nSPS) is 21.4. The minimum Gasteiger partial charge on any atom is -0.294 e. The van der Waals surface area contributed by atoms with Gasteiger partial charge in [0.2, 0.25) is 10.0 Å². The Morgan fingerprint density at radius 1 is 1.05 bits per heavy atom. The van der Waals surface area contributed by atoms with Gasteiger partial charge in [0.1, 0.15) is 0 Å². The average molecular weight is 307 g/mol. The third-order valence-electron chi connectivity index (χ3n) is 4.47. The Kier molecular flexibility index (Phi) is 3.88. The standard InChI is InChI=1S/C16H21NO3S/c1-12-8-10-17(11-9-12)21(19,20)15-6-4-14(5-7-15)16(18)13-2-3-13/h4-7,12-13H,2-3,8-11H2,1H3. The lowest BCUT2D eigenvalue weighted by Gasteiger charge is -2.29. The van der Waals surface area contributed by atoms with Crippen molar-refractivity contribution >= 4 is 15.8 Å². The van der Waals surface area contributed by atoms with E-state index in [1.807, 2.05) is 0 Å². The summed E-state index contributed by atoms with van der Waals surface area (Å²) in [5.74, 6) is 0.900. The summed E-state index contributed by atoms with van der Waals surface area (Å²) in [5.41, 5.74) is 0.628. The predicted molar refractivity (Wildman–Crippen MR) is 80.7 cm³/mol. The van der Waals surface area contributed by atoms with Crippen LogP contribution in [-0.4, -0.2) is 31.6 Å². The molecule has 1 aromatic rings. The first-order valence-corrected chi connectivity index (χ1v) is 9.07. The van der Waals surface area contributed by atoms with Crippen LogP contribution in [0.1, 0.15) is 43.0 Å². The highest BCUT2D eigenvalue weighted by Crippen LogP contribution is 2.33. The zero-order valence-corrected chi connectivity index (χ0v) is 13.1. The van der Waals surface area contributed by atoms with Crippen molar-refractivity contribution in [1.82, 2.24) is 4.31 Å². The number of nitrogens with zero attached hydrogens (tertiary/aromatic N) is 1. The Morgan fingerprint density at radius 2 is 1.62 bits per heavy atom. The summed E-state index contributed by atoms with van der Waals surface area (Å²) in [7, 11) is -3.41. The fourth-order valence-corrected chi connectivity index (χ4v) is 4.22. The molecule has 1 saturated heterocycles. The maximum atomic E-state index is 12.6. The van der Waals surface area contributed by atoms with Crippen molar-refractivity contribution in [3.05, 3.63) is 29.8 Å². The lowest BCUT2D eigenvalue weighted by atomic mass is 10.0. The van der Waals surface area contributed by atoms with Crippen LogP contribution >= 0.6 is 0 Å². The van der Waals surface area contributed by atoms with Gasteiger partial charge in [0, 0.05) is 24.6 Å². The topological polar surface area (TPSA) is 54.5 Å². The maximum Gasteiger partial charge on any atom is 0.243 e. The van der Waals surface area contributed by atoms with E-state index in [4.69, 9.17) is 0 Å². The first-order valence-electron chi connectivity index (χ1n) is 7.63. The molecule has 4 nitrogen and oxygen atoms in total. The number of ketones is 1. The summed E-state index contributed by atoms with van der Waals surface area (Å²) in [4.78, 5) is 12.2. The van der Waals surface area contributed by atoms with E-state index in [1.54, 1.807) is 28.6 Å². The molecule has 0 atom stereocenters. The largest absolute Gasteiger partial charge is 0.294 e. The van der Waals surface area contributed by atoms with Crippen molar-refractivity contribution in [3.8, 4) is 0 Å². The molecule has 0 radical (unpaired) electrons. The zero-order valence-electron chi connectivity index (χ0n) is 12.3. The van der Waals surface area contributed by atoms with Crippen molar-refractivity contribution < 1.29 is 13.2 Å². The molecular formula is C16H21NO3S. The smallest absolute Gasteiger partial charge is 0.243 e. The molecule has 0 unspecified atom stereocenters. The van der Waals surface area contributed by atoms with Crippen molar-refractivity contribution in [3.63, 3.8) is 0 Å². The highest BCUT2D eigenvalue weighted by Gasteiger charge is 2.31. The summed E-state index contributed by atoms with van der Waals surface area (Å²) in [6, 6.07) is 6.45. The number of hydrogen-bond donors (Lipinski definition) is 0. The quantitative estimate of drug-likeness (QED) is 0.804. The molecule has 2 fully saturated rings. The number of carbonyl (C=O) groups is 1. The summed E-state index contributed by atoms with van der Waals surface area (Å²) >= 11 is 0. The van der Waals surface area contributed by atoms with Crippen molar-refractivity contribution in [2.45, 2.75) is 37.5 Å². The molecule has 1 aliphatic heterocycles. The van der Waals surface area contributed by atoms with Crippen LogP contribution < -0.4 is 0 Å². The van der Waals surface area contributed by atoms with Gasteiger partial charge in [-0.3, -0.25) is 4.79 Å². The van der Waals surface area contributed by atoms with E-state index >= 15 is 0 Å². The first-order chi connectivity index (χ1) is 9.98. The summed E-state index contributed by atoms with van der Waals surface area (Å²) in [6.45, 7) is 3.33. The monoisotopic (exact) mass is 307 g/mol. The third kappa shape index (κ3) is 3.04. The summed E-state index contributed by atoms with van der Waals surface area (Å²) < 4.78 is 26.7. The minimum absolute atomic E-state index is 0.144. The van der Waals surface area contributed by atoms with Crippen molar-refractivity contribution in [1.29, 1.82) is 0 Å². The van der Waals surface area contributed by atoms with Crippen LogP contribution in [-0.2, 0) is 10.0 Å². The van der Waals surface area contributed by atoms with Gasteiger partial charge in [-0.05, 0) is 43.7 Å². The van der Waals surface area contributed by atoms with E-state index in [2.05, 4.69) is 6.92 Å². The van der Waals surface area contributed by atoms with Gasteiger partial charge >= 0.3 is 0 Å². The Morgan fingerprint density at radius 3 is 2.14 bits per heavy atom. The second kappa shape index (κ2) is 5.54. The van der Waals surface area contributed by atoms with Gasteiger partial charge in [-0.2, -0.15) is 4.31 Å². The summed E-state index contributed by atoms with van der Waals surface area (Å²) in [6.07, 6.45) is 3.75. The Balaban J connectivity index is 1.77. The molecule has 1 aliphatic carbocycles. The average Bonchev–Trinajstić information content (AvgIpc) is 3.32. The fourth-order valence-electron chi connectivity index (χ4n) is 2.75. The van der Waals surface area contributed by atoms with Gasteiger partial charge in [-0.1, -0.05) is 19.1 Å². The van der Waals surface area contributed by atoms with Crippen LogP contribution in [0.25, 0.3) is 0 Å². The maximum absolute atomic E-state index is 12.6. The molecule has 0 aromatic heterocycles. The Bertz CT molecular complexity index is 624. The molecule has 5 heteroatoms. The molecule has 0 N–H and O–H groups in total. The molecule has 1 aromatic carbocycles. The van der Waals surface area contributed by atoms with Crippen LogP contribution in [0.15, 0.2) is 29.2 Å².